The van der Waals surface area contributed by atoms with Crippen molar-refractivity contribution in [1.82, 2.24) is 5.32 Å². The molecular formula is C16H22N2O2. The van der Waals surface area contributed by atoms with Gasteiger partial charge in [0.05, 0.1) is 18.3 Å². The number of fused-ring (bicyclic) bond motifs is 1. The Morgan fingerprint density at radius 2 is 2.45 bits per heavy atom. The molecule has 108 valence electrons. The molecule has 2 atom stereocenters. The van der Waals surface area contributed by atoms with Gasteiger partial charge in [0.15, 0.2) is 5.78 Å². The zero-order chi connectivity index (χ0) is 14.5. The average Bonchev–Trinajstić information content (AvgIpc) is 2.50. The van der Waals surface area contributed by atoms with Crippen molar-refractivity contribution in [3.63, 3.8) is 0 Å². The van der Waals surface area contributed by atoms with Crippen LogP contribution < -0.4 is 15.4 Å². The van der Waals surface area contributed by atoms with E-state index >= 15 is 0 Å². The van der Waals surface area contributed by atoms with Crippen molar-refractivity contribution >= 4 is 11.5 Å². The highest BCUT2D eigenvalue weighted by molar-refractivity contribution is 6.01. The lowest BCUT2D eigenvalue weighted by Gasteiger charge is -2.27. The molecule has 4 heteroatoms. The number of carbonyl (C=O) groups is 1. The molecule has 1 aromatic rings. The van der Waals surface area contributed by atoms with E-state index < -0.39 is 0 Å². The van der Waals surface area contributed by atoms with Gasteiger partial charge in [0.1, 0.15) is 11.9 Å². The van der Waals surface area contributed by atoms with Gasteiger partial charge in [0.25, 0.3) is 0 Å². The van der Waals surface area contributed by atoms with Crippen molar-refractivity contribution < 1.29 is 9.53 Å². The minimum atomic E-state index is -0.223. The third-order valence-corrected chi connectivity index (χ3v) is 3.49. The largest absolute Gasteiger partial charge is 0.486 e. The fourth-order valence-corrected chi connectivity index (χ4v) is 2.20. The van der Waals surface area contributed by atoms with Gasteiger partial charge >= 0.3 is 0 Å². The van der Waals surface area contributed by atoms with Crippen molar-refractivity contribution in [2.24, 2.45) is 0 Å². The van der Waals surface area contributed by atoms with Crippen LogP contribution in [0, 0.1) is 0 Å². The van der Waals surface area contributed by atoms with Crippen LogP contribution in [0.1, 0.15) is 30.6 Å². The van der Waals surface area contributed by atoms with Gasteiger partial charge in [-0.3, -0.25) is 4.79 Å². The van der Waals surface area contributed by atoms with Crippen LogP contribution in [-0.2, 0) is 0 Å². The fraction of sp³-hybridized carbons (Fsp3) is 0.438. The van der Waals surface area contributed by atoms with E-state index in [4.69, 9.17) is 4.74 Å². The van der Waals surface area contributed by atoms with Gasteiger partial charge in [0.2, 0.25) is 0 Å². The summed E-state index contributed by atoms with van der Waals surface area (Å²) in [6.45, 7) is 9.01. The molecule has 0 spiro atoms. The van der Waals surface area contributed by atoms with E-state index in [1.54, 1.807) is 6.08 Å². The highest BCUT2D eigenvalue weighted by atomic mass is 16.5. The van der Waals surface area contributed by atoms with E-state index in [1.165, 1.54) is 0 Å². The van der Waals surface area contributed by atoms with Crippen molar-refractivity contribution in [2.75, 3.05) is 18.4 Å². The number of ketones is 1. The number of anilines is 1. The van der Waals surface area contributed by atoms with Gasteiger partial charge in [-0.05, 0) is 31.5 Å². The summed E-state index contributed by atoms with van der Waals surface area (Å²) in [6, 6.07) is 5.35. The van der Waals surface area contributed by atoms with Crippen LogP contribution in [0.5, 0.6) is 5.75 Å². The molecule has 20 heavy (non-hydrogen) atoms. The molecule has 0 saturated heterocycles. The predicted octanol–water partition coefficient (Wildman–Crippen LogP) is 2.62. The molecule has 0 aliphatic carbocycles. The second-order valence-corrected chi connectivity index (χ2v) is 5.02. The van der Waals surface area contributed by atoms with Crippen LogP contribution in [0.3, 0.4) is 0 Å². The minimum absolute atomic E-state index is 0.0778. The van der Waals surface area contributed by atoms with Gasteiger partial charge in [-0.25, -0.2) is 0 Å². The SMILES string of the molecule is C=CCNC(C)C(=O)c1ccc2c(c1)NCC(CC)O2. The number of rotatable bonds is 6. The van der Waals surface area contributed by atoms with E-state index in [-0.39, 0.29) is 17.9 Å². The molecule has 1 aliphatic rings. The second-order valence-electron chi connectivity index (χ2n) is 5.02. The molecule has 2 unspecified atom stereocenters. The summed E-state index contributed by atoms with van der Waals surface area (Å²) in [5.41, 5.74) is 1.59. The molecule has 1 heterocycles. The van der Waals surface area contributed by atoms with E-state index in [1.807, 2.05) is 25.1 Å². The first-order valence-corrected chi connectivity index (χ1v) is 7.08. The van der Waals surface area contributed by atoms with Gasteiger partial charge in [0, 0.05) is 12.1 Å². The minimum Gasteiger partial charge on any atom is -0.486 e. The number of hydrogen-bond donors (Lipinski definition) is 2. The summed E-state index contributed by atoms with van der Waals surface area (Å²) in [6.07, 6.45) is 2.92. The summed E-state index contributed by atoms with van der Waals surface area (Å²) >= 11 is 0. The maximum atomic E-state index is 12.3. The number of ether oxygens (including phenoxy) is 1. The number of hydrogen-bond acceptors (Lipinski definition) is 4. The first-order chi connectivity index (χ1) is 9.65. The van der Waals surface area contributed by atoms with Crippen molar-refractivity contribution in [3.05, 3.63) is 36.4 Å². The van der Waals surface area contributed by atoms with E-state index in [2.05, 4.69) is 24.1 Å². The Balaban J connectivity index is 2.11. The van der Waals surface area contributed by atoms with E-state index in [0.29, 0.717) is 12.1 Å². The zero-order valence-electron chi connectivity index (χ0n) is 12.1. The zero-order valence-corrected chi connectivity index (χ0v) is 12.1. The quantitative estimate of drug-likeness (QED) is 0.618. The van der Waals surface area contributed by atoms with Crippen LogP contribution in [0.15, 0.2) is 30.9 Å². The van der Waals surface area contributed by atoms with Crippen molar-refractivity contribution in [3.8, 4) is 5.75 Å². The number of carbonyl (C=O) groups excluding carboxylic acids is 1. The van der Waals surface area contributed by atoms with E-state index in [0.717, 1.165) is 24.4 Å². The van der Waals surface area contributed by atoms with E-state index in [9.17, 15) is 4.79 Å². The lowest BCUT2D eigenvalue weighted by atomic mass is 10.0. The fourth-order valence-electron chi connectivity index (χ4n) is 2.20. The highest BCUT2D eigenvalue weighted by Crippen LogP contribution is 2.30. The Hall–Kier alpha value is -1.81. The molecule has 0 amide bonds. The molecule has 0 aromatic heterocycles. The highest BCUT2D eigenvalue weighted by Gasteiger charge is 2.20. The average molecular weight is 274 g/mol. The van der Waals surface area contributed by atoms with Crippen LogP contribution in [0.4, 0.5) is 5.69 Å². The second kappa shape index (κ2) is 6.57. The molecule has 1 aromatic carbocycles. The summed E-state index contributed by atoms with van der Waals surface area (Å²) in [4.78, 5) is 12.3. The Morgan fingerprint density at radius 3 is 3.15 bits per heavy atom. The molecule has 1 aliphatic heterocycles. The Labute approximate surface area is 120 Å². The maximum Gasteiger partial charge on any atom is 0.179 e. The maximum absolute atomic E-state index is 12.3. The monoisotopic (exact) mass is 274 g/mol. The van der Waals surface area contributed by atoms with Crippen LogP contribution >= 0.6 is 0 Å². The Kier molecular flexibility index (Phi) is 4.79. The molecule has 0 saturated carbocycles. The number of nitrogens with one attached hydrogen (secondary N) is 2. The summed E-state index contributed by atoms with van der Waals surface area (Å²) in [5.74, 6) is 0.903. The lowest BCUT2D eigenvalue weighted by Crippen LogP contribution is -2.34. The Morgan fingerprint density at radius 1 is 1.65 bits per heavy atom. The third kappa shape index (κ3) is 3.20. The smallest absolute Gasteiger partial charge is 0.179 e. The first-order valence-electron chi connectivity index (χ1n) is 7.08. The Bertz CT molecular complexity index is 499. The standard InChI is InChI=1S/C16H22N2O2/c1-4-8-17-11(3)16(19)12-6-7-15-14(9-12)18-10-13(5-2)20-15/h4,6-7,9,11,13,17-18H,1,5,8,10H2,2-3H3. The van der Waals surface area contributed by atoms with Crippen molar-refractivity contribution in [1.29, 1.82) is 0 Å². The first kappa shape index (κ1) is 14.6. The molecule has 4 nitrogen and oxygen atoms in total. The molecule has 0 bridgehead atoms. The topological polar surface area (TPSA) is 50.4 Å². The summed E-state index contributed by atoms with van der Waals surface area (Å²) < 4.78 is 5.84. The summed E-state index contributed by atoms with van der Waals surface area (Å²) in [5, 5.41) is 6.43. The van der Waals surface area contributed by atoms with Crippen LogP contribution in [0.2, 0.25) is 0 Å². The van der Waals surface area contributed by atoms with Crippen LogP contribution in [0.25, 0.3) is 0 Å². The van der Waals surface area contributed by atoms with Crippen LogP contribution in [-0.4, -0.2) is 31.0 Å². The third-order valence-electron chi connectivity index (χ3n) is 3.49. The molecule has 2 rings (SSSR count). The van der Waals surface area contributed by atoms with Gasteiger partial charge in [-0.15, -0.1) is 6.58 Å². The molecule has 0 radical (unpaired) electrons. The normalized spacial score (nSPS) is 18.4. The number of Topliss-reactive ketones (excluding diaryl/α,β-unsaturated/α-hetero) is 1. The van der Waals surface area contributed by atoms with Gasteiger partial charge in [-0.2, -0.15) is 0 Å². The van der Waals surface area contributed by atoms with Gasteiger partial charge < -0.3 is 15.4 Å². The van der Waals surface area contributed by atoms with Crippen molar-refractivity contribution in [2.45, 2.75) is 32.4 Å². The lowest BCUT2D eigenvalue weighted by molar-refractivity contribution is 0.0953. The number of benzene rings is 1. The molecule has 2 N–H and O–H groups in total. The molecular weight excluding hydrogens is 252 g/mol. The predicted molar refractivity (Wildman–Crippen MR) is 81.6 cm³/mol. The summed E-state index contributed by atoms with van der Waals surface area (Å²) in [7, 11) is 0. The molecule has 0 fully saturated rings. The van der Waals surface area contributed by atoms with Gasteiger partial charge in [-0.1, -0.05) is 13.0 Å².